The minimum Gasteiger partial charge on any atom is -0.391 e. The van der Waals surface area contributed by atoms with Gasteiger partial charge in [-0.15, -0.1) is 11.6 Å². The van der Waals surface area contributed by atoms with Crippen LogP contribution in [0.1, 0.15) is 0 Å². The maximum atomic E-state index is 10.6. The van der Waals surface area contributed by atoms with Crippen LogP contribution in [0.5, 0.6) is 0 Å². The molecule has 1 fully saturated rings. The molecule has 0 spiro atoms. The third-order valence-corrected chi connectivity index (χ3v) is 3.43. The number of hydrogen-bond donors (Lipinski definition) is 1. The molecule has 0 amide bonds. The molecule has 1 saturated heterocycles. The van der Waals surface area contributed by atoms with E-state index in [1.165, 1.54) is 0 Å². The van der Waals surface area contributed by atoms with Crippen LogP contribution in [0.3, 0.4) is 0 Å². The van der Waals surface area contributed by atoms with Crippen molar-refractivity contribution >= 4 is 19.4 Å². The normalized spacial score (nSPS) is 43.0. The van der Waals surface area contributed by atoms with Crippen LogP contribution >= 0.6 is 19.4 Å². The molecular formula is C4H7ClO2P. The van der Waals surface area contributed by atoms with Gasteiger partial charge in [-0.3, -0.25) is 4.57 Å². The fourth-order valence-electron chi connectivity index (χ4n) is 0.714. The van der Waals surface area contributed by atoms with Crippen molar-refractivity contribution in [3.8, 4) is 0 Å². The van der Waals surface area contributed by atoms with E-state index in [2.05, 4.69) is 0 Å². The Labute approximate surface area is 53.6 Å². The van der Waals surface area contributed by atoms with Crippen molar-refractivity contribution in [1.82, 2.24) is 0 Å². The predicted molar refractivity (Wildman–Crippen MR) is 33.0 cm³/mol. The van der Waals surface area contributed by atoms with Gasteiger partial charge < -0.3 is 5.11 Å². The van der Waals surface area contributed by atoms with Gasteiger partial charge in [-0.2, -0.15) is 0 Å². The van der Waals surface area contributed by atoms with E-state index in [1.54, 1.807) is 0 Å². The van der Waals surface area contributed by atoms with Crippen molar-refractivity contribution in [3.05, 3.63) is 0 Å². The standard InChI is InChI=1S/C4H7ClO2P/c5-3-1-8(7)2-4(3)6/h3-4,6H,1-2H2. The number of alkyl halides is 1. The van der Waals surface area contributed by atoms with E-state index in [4.69, 9.17) is 16.7 Å². The monoisotopic (exact) mass is 153 g/mol. The molecule has 0 aliphatic carbocycles. The van der Waals surface area contributed by atoms with Gasteiger partial charge in [0.25, 0.3) is 0 Å². The summed E-state index contributed by atoms with van der Waals surface area (Å²) in [6, 6.07) is 0. The first-order chi connectivity index (χ1) is 3.70. The first-order valence-corrected chi connectivity index (χ1v) is 4.51. The summed E-state index contributed by atoms with van der Waals surface area (Å²) >= 11 is 5.52. The molecular weight excluding hydrogens is 146 g/mol. The summed E-state index contributed by atoms with van der Waals surface area (Å²) in [6.45, 7) is 0. The molecule has 0 aromatic rings. The molecule has 1 aliphatic rings. The molecule has 1 N–H and O–H groups in total. The Morgan fingerprint density at radius 3 is 2.38 bits per heavy atom. The van der Waals surface area contributed by atoms with Gasteiger partial charge in [0.05, 0.1) is 19.3 Å². The lowest BCUT2D eigenvalue weighted by molar-refractivity contribution is 0.205. The maximum absolute atomic E-state index is 10.6. The van der Waals surface area contributed by atoms with Gasteiger partial charge in [-0.1, -0.05) is 0 Å². The van der Waals surface area contributed by atoms with E-state index in [0.717, 1.165) is 0 Å². The fraction of sp³-hybridized carbons (Fsp3) is 1.00. The van der Waals surface area contributed by atoms with E-state index < -0.39 is 13.9 Å². The van der Waals surface area contributed by atoms with Crippen molar-refractivity contribution in [2.24, 2.45) is 0 Å². The summed E-state index contributed by atoms with van der Waals surface area (Å²) < 4.78 is 10.6. The smallest absolute Gasteiger partial charge is 0.0810 e. The highest BCUT2D eigenvalue weighted by molar-refractivity contribution is 7.45. The summed E-state index contributed by atoms with van der Waals surface area (Å²) in [7, 11) is -1.18. The molecule has 1 radical (unpaired) electrons. The van der Waals surface area contributed by atoms with Crippen molar-refractivity contribution in [1.29, 1.82) is 0 Å². The van der Waals surface area contributed by atoms with Gasteiger partial charge in [0.15, 0.2) is 0 Å². The molecule has 47 valence electrons. The Morgan fingerprint density at radius 2 is 2.25 bits per heavy atom. The number of aliphatic hydroxyl groups excluding tert-OH is 1. The van der Waals surface area contributed by atoms with Crippen molar-refractivity contribution in [2.75, 3.05) is 12.3 Å². The van der Waals surface area contributed by atoms with Crippen LogP contribution in [0, 0.1) is 0 Å². The van der Waals surface area contributed by atoms with Crippen LogP contribution in [-0.2, 0) is 4.57 Å². The number of hydrogen-bond acceptors (Lipinski definition) is 2. The second kappa shape index (κ2) is 2.30. The van der Waals surface area contributed by atoms with Gasteiger partial charge in [-0.05, 0) is 0 Å². The number of rotatable bonds is 0. The maximum Gasteiger partial charge on any atom is 0.0810 e. The molecule has 3 unspecified atom stereocenters. The Morgan fingerprint density at radius 1 is 1.62 bits per heavy atom. The topological polar surface area (TPSA) is 37.3 Å². The van der Waals surface area contributed by atoms with Gasteiger partial charge in [-0.25, -0.2) is 0 Å². The van der Waals surface area contributed by atoms with E-state index in [-0.39, 0.29) is 5.38 Å². The van der Waals surface area contributed by atoms with E-state index in [9.17, 15) is 4.57 Å². The summed E-state index contributed by atoms with van der Waals surface area (Å²) in [5.74, 6) is 0. The van der Waals surface area contributed by atoms with Crippen LogP contribution in [-0.4, -0.2) is 28.9 Å². The quantitative estimate of drug-likeness (QED) is 0.413. The molecule has 1 aliphatic heterocycles. The SMILES string of the molecule is O=[P]1CC(O)C(Cl)C1. The second-order valence-corrected chi connectivity index (χ2v) is 4.18. The van der Waals surface area contributed by atoms with Crippen LogP contribution in [0.4, 0.5) is 0 Å². The number of aliphatic hydroxyl groups is 1. The third kappa shape index (κ3) is 1.19. The van der Waals surface area contributed by atoms with Gasteiger partial charge in [0, 0.05) is 12.3 Å². The molecule has 3 atom stereocenters. The lowest BCUT2D eigenvalue weighted by Gasteiger charge is -1.99. The molecule has 2 nitrogen and oxygen atoms in total. The van der Waals surface area contributed by atoms with Crippen LogP contribution < -0.4 is 0 Å². The minimum atomic E-state index is -1.18. The average Bonchev–Trinajstić information content (AvgIpc) is 1.85. The Kier molecular flexibility index (Phi) is 1.86. The first-order valence-electron chi connectivity index (χ1n) is 2.44. The molecule has 1 heterocycles. The third-order valence-electron chi connectivity index (χ3n) is 1.19. The molecule has 0 bridgehead atoms. The zero-order valence-electron chi connectivity index (χ0n) is 4.25. The molecule has 4 heteroatoms. The Balaban J connectivity index is 2.51. The fourth-order valence-corrected chi connectivity index (χ4v) is 2.84. The Bertz CT molecular complexity index is 105. The van der Waals surface area contributed by atoms with Crippen LogP contribution in [0.2, 0.25) is 0 Å². The van der Waals surface area contributed by atoms with Gasteiger partial charge in [0.1, 0.15) is 0 Å². The largest absolute Gasteiger partial charge is 0.391 e. The summed E-state index contributed by atoms with van der Waals surface area (Å²) in [4.78, 5) is 0. The average molecular weight is 154 g/mol. The van der Waals surface area contributed by atoms with E-state index >= 15 is 0 Å². The highest BCUT2D eigenvalue weighted by Gasteiger charge is 2.28. The molecule has 0 aromatic heterocycles. The lowest BCUT2D eigenvalue weighted by Crippen LogP contribution is -2.16. The van der Waals surface area contributed by atoms with Crippen LogP contribution in [0.15, 0.2) is 0 Å². The molecule has 0 aromatic carbocycles. The van der Waals surface area contributed by atoms with Crippen molar-refractivity contribution < 1.29 is 9.67 Å². The summed E-state index contributed by atoms with van der Waals surface area (Å²) in [6.07, 6.45) is 0.349. The number of halogens is 1. The highest BCUT2D eigenvalue weighted by Crippen LogP contribution is 2.34. The summed E-state index contributed by atoms with van der Waals surface area (Å²) in [5, 5.41) is 8.59. The van der Waals surface area contributed by atoms with Gasteiger partial charge >= 0.3 is 0 Å². The van der Waals surface area contributed by atoms with E-state index in [0.29, 0.717) is 12.3 Å². The Hall–Kier alpha value is 0.350. The highest BCUT2D eigenvalue weighted by atomic mass is 35.5. The predicted octanol–water partition coefficient (Wildman–Crippen LogP) is 0.796. The minimum absolute atomic E-state index is 0.265. The van der Waals surface area contributed by atoms with Crippen molar-refractivity contribution in [2.45, 2.75) is 11.5 Å². The second-order valence-electron chi connectivity index (χ2n) is 1.93. The first kappa shape index (κ1) is 6.47. The van der Waals surface area contributed by atoms with Crippen molar-refractivity contribution in [3.63, 3.8) is 0 Å². The van der Waals surface area contributed by atoms with Crippen LogP contribution in [0.25, 0.3) is 0 Å². The zero-order chi connectivity index (χ0) is 6.15. The van der Waals surface area contributed by atoms with Gasteiger partial charge in [0.2, 0.25) is 0 Å². The lowest BCUT2D eigenvalue weighted by atomic mass is 10.3. The summed E-state index contributed by atoms with van der Waals surface area (Å²) in [5.41, 5.74) is 0. The molecule has 1 rings (SSSR count). The van der Waals surface area contributed by atoms with E-state index in [1.807, 2.05) is 0 Å². The molecule has 8 heavy (non-hydrogen) atoms. The zero-order valence-corrected chi connectivity index (χ0v) is 5.90. The molecule has 0 saturated carbocycles.